The van der Waals surface area contributed by atoms with E-state index in [9.17, 15) is 0 Å². The lowest BCUT2D eigenvalue weighted by atomic mass is 10.0. The van der Waals surface area contributed by atoms with Gasteiger partial charge in [0.25, 0.3) is 0 Å². The summed E-state index contributed by atoms with van der Waals surface area (Å²) in [5.74, 6) is 0. The van der Waals surface area contributed by atoms with E-state index in [0.29, 0.717) is 12.1 Å². The molecule has 2 aliphatic heterocycles. The van der Waals surface area contributed by atoms with Crippen molar-refractivity contribution in [2.75, 3.05) is 26.2 Å². The summed E-state index contributed by atoms with van der Waals surface area (Å²) in [4.78, 5) is 11.5. The number of fused-ring (bicyclic) bond motifs is 1. The molecule has 0 spiro atoms. The molecule has 1 aromatic carbocycles. The minimum absolute atomic E-state index is 0.311. The van der Waals surface area contributed by atoms with E-state index < -0.39 is 0 Å². The summed E-state index contributed by atoms with van der Waals surface area (Å²) in [6, 6.07) is 9.14. The molecule has 2 aliphatic rings. The van der Waals surface area contributed by atoms with Crippen LogP contribution in [0.1, 0.15) is 41.0 Å². The molecule has 0 amide bonds. The monoisotopic (exact) mass is 390 g/mol. The third kappa shape index (κ3) is 3.82. The van der Waals surface area contributed by atoms with E-state index in [1.807, 2.05) is 23.5 Å². The Morgan fingerprint density at radius 1 is 1.31 bits per heavy atom. The third-order valence-electron chi connectivity index (χ3n) is 5.49. The Morgan fingerprint density at radius 2 is 2.15 bits per heavy atom. The third-order valence-corrected chi connectivity index (χ3v) is 6.90. The first kappa shape index (κ1) is 18.4. The van der Waals surface area contributed by atoms with E-state index in [4.69, 9.17) is 16.6 Å². The average molecular weight is 391 g/mol. The highest BCUT2D eigenvalue weighted by atomic mass is 35.5. The minimum Gasteiger partial charge on any atom is -0.314 e. The summed E-state index contributed by atoms with van der Waals surface area (Å²) in [5, 5.41) is 5.63. The molecule has 0 aliphatic carbocycles. The number of halogens is 1. The molecule has 26 heavy (non-hydrogen) atoms. The van der Waals surface area contributed by atoms with E-state index in [1.54, 1.807) is 0 Å². The van der Waals surface area contributed by atoms with Gasteiger partial charge >= 0.3 is 0 Å². The number of hydrogen-bond donors (Lipinski definition) is 1. The number of piperazine rings is 1. The van der Waals surface area contributed by atoms with Crippen LogP contribution in [0.25, 0.3) is 0 Å². The standard InChI is InChI=1S/C20H27ClN4S/c1-14(2)24-9-7-17-19(12-24)26-20(23-17)13-25-10-8-22-11-18(25)15-5-3-4-6-16(15)21/h3-6,14,18,22H,7-13H2,1-2H3. The molecule has 2 aromatic rings. The number of thiazole rings is 1. The van der Waals surface area contributed by atoms with Crippen molar-refractivity contribution in [2.24, 2.45) is 0 Å². The van der Waals surface area contributed by atoms with Crippen LogP contribution in [0.5, 0.6) is 0 Å². The molecule has 1 unspecified atom stereocenters. The maximum Gasteiger partial charge on any atom is 0.107 e. The summed E-state index contributed by atoms with van der Waals surface area (Å²) >= 11 is 8.38. The van der Waals surface area contributed by atoms with Crippen molar-refractivity contribution < 1.29 is 0 Å². The van der Waals surface area contributed by atoms with Gasteiger partial charge in [0.2, 0.25) is 0 Å². The number of nitrogens with zero attached hydrogens (tertiary/aromatic N) is 3. The van der Waals surface area contributed by atoms with Gasteiger partial charge in [0, 0.05) is 61.1 Å². The van der Waals surface area contributed by atoms with Crippen molar-refractivity contribution in [3.63, 3.8) is 0 Å². The van der Waals surface area contributed by atoms with Crippen molar-refractivity contribution >= 4 is 22.9 Å². The Balaban J connectivity index is 1.52. The summed E-state index contributed by atoms with van der Waals surface area (Å²) in [6.07, 6.45) is 1.08. The van der Waals surface area contributed by atoms with Gasteiger partial charge in [-0.1, -0.05) is 29.8 Å². The number of benzene rings is 1. The number of rotatable bonds is 4. The predicted molar refractivity (Wildman–Crippen MR) is 109 cm³/mol. The van der Waals surface area contributed by atoms with Crippen LogP contribution in [0.15, 0.2) is 24.3 Å². The highest BCUT2D eigenvalue weighted by Gasteiger charge is 2.28. The van der Waals surface area contributed by atoms with Gasteiger partial charge in [0.05, 0.1) is 12.2 Å². The molecule has 0 saturated carbocycles. The number of hydrogen-bond acceptors (Lipinski definition) is 5. The first-order valence-corrected chi connectivity index (χ1v) is 10.7. The molecule has 140 valence electrons. The second kappa shape index (κ2) is 7.95. The molecular formula is C20H27ClN4S. The molecule has 6 heteroatoms. The topological polar surface area (TPSA) is 31.4 Å². The lowest BCUT2D eigenvalue weighted by Gasteiger charge is -2.36. The van der Waals surface area contributed by atoms with Crippen molar-refractivity contribution in [1.82, 2.24) is 20.1 Å². The lowest BCUT2D eigenvalue weighted by molar-refractivity contribution is 0.153. The molecular weight excluding hydrogens is 364 g/mol. The van der Waals surface area contributed by atoms with Crippen molar-refractivity contribution in [3.05, 3.63) is 50.4 Å². The molecule has 1 atom stereocenters. The molecule has 1 fully saturated rings. The van der Waals surface area contributed by atoms with Gasteiger partial charge in [-0.3, -0.25) is 9.80 Å². The first-order valence-electron chi connectivity index (χ1n) is 9.52. The van der Waals surface area contributed by atoms with Crippen molar-refractivity contribution in [3.8, 4) is 0 Å². The van der Waals surface area contributed by atoms with E-state index in [1.165, 1.54) is 21.1 Å². The predicted octanol–water partition coefficient (Wildman–Crippen LogP) is 3.71. The second-order valence-corrected chi connectivity index (χ2v) is 9.08. The molecule has 3 heterocycles. The number of aromatic nitrogens is 1. The molecule has 1 N–H and O–H groups in total. The SMILES string of the molecule is CC(C)N1CCc2nc(CN3CCNCC3c3ccccc3Cl)sc2C1. The zero-order chi connectivity index (χ0) is 18.1. The fourth-order valence-corrected chi connectivity index (χ4v) is 5.37. The summed E-state index contributed by atoms with van der Waals surface area (Å²) in [6.45, 7) is 10.6. The Morgan fingerprint density at radius 3 is 2.96 bits per heavy atom. The average Bonchev–Trinajstić information content (AvgIpc) is 3.04. The van der Waals surface area contributed by atoms with Gasteiger partial charge in [0.1, 0.15) is 5.01 Å². The molecule has 4 nitrogen and oxygen atoms in total. The zero-order valence-electron chi connectivity index (χ0n) is 15.5. The van der Waals surface area contributed by atoms with Gasteiger partial charge in [-0.2, -0.15) is 0 Å². The lowest BCUT2D eigenvalue weighted by Crippen LogP contribution is -2.45. The van der Waals surface area contributed by atoms with Gasteiger partial charge in [-0.25, -0.2) is 4.98 Å². The minimum atomic E-state index is 0.311. The normalized spacial score (nSPS) is 21.9. The smallest absolute Gasteiger partial charge is 0.107 e. The van der Waals surface area contributed by atoms with Crippen molar-refractivity contribution in [1.29, 1.82) is 0 Å². The van der Waals surface area contributed by atoms with E-state index >= 15 is 0 Å². The highest BCUT2D eigenvalue weighted by molar-refractivity contribution is 7.11. The van der Waals surface area contributed by atoms with Crippen LogP contribution in [-0.2, 0) is 19.5 Å². The molecule has 1 aromatic heterocycles. The molecule has 1 saturated heterocycles. The highest BCUT2D eigenvalue weighted by Crippen LogP contribution is 2.32. The largest absolute Gasteiger partial charge is 0.314 e. The quantitative estimate of drug-likeness (QED) is 0.862. The second-order valence-electron chi connectivity index (χ2n) is 7.50. The van der Waals surface area contributed by atoms with Crippen LogP contribution in [-0.4, -0.2) is 47.0 Å². The van der Waals surface area contributed by atoms with Gasteiger partial charge < -0.3 is 5.32 Å². The fourth-order valence-electron chi connectivity index (χ4n) is 3.94. The molecule has 4 rings (SSSR count). The Labute approximate surface area is 165 Å². The van der Waals surface area contributed by atoms with Gasteiger partial charge in [-0.15, -0.1) is 11.3 Å². The maximum atomic E-state index is 6.48. The van der Waals surface area contributed by atoms with E-state index in [-0.39, 0.29) is 0 Å². The Hall–Kier alpha value is -0.980. The molecule has 0 radical (unpaired) electrons. The van der Waals surface area contributed by atoms with Crippen LogP contribution < -0.4 is 5.32 Å². The van der Waals surface area contributed by atoms with Crippen LogP contribution in [0.2, 0.25) is 5.02 Å². The number of nitrogens with one attached hydrogen (secondary N) is 1. The van der Waals surface area contributed by atoms with Crippen LogP contribution in [0.4, 0.5) is 0 Å². The van der Waals surface area contributed by atoms with Crippen LogP contribution in [0.3, 0.4) is 0 Å². The van der Waals surface area contributed by atoms with Crippen LogP contribution in [0, 0.1) is 0 Å². The van der Waals surface area contributed by atoms with Gasteiger partial charge in [0.15, 0.2) is 0 Å². The Kier molecular flexibility index (Phi) is 5.62. The van der Waals surface area contributed by atoms with E-state index in [0.717, 1.165) is 50.7 Å². The fraction of sp³-hybridized carbons (Fsp3) is 0.550. The Bertz CT molecular complexity index is 760. The van der Waals surface area contributed by atoms with Crippen LogP contribution >= 0.6 is 22.9 Å². The zero-order valence-corrected chi connectivity index (χ0v) is 17.1. The van der Waals surface area contributed by atoms with Gasteiger partial charge in [-0.05, 0) is 25.5 Å². The van der Waals surface area contributed by atoms with E-state index in [2.05, 4.69) is 41.1 Å². The summed E-state index contributed by atoms with van der Waals surface area (Å²) in [5.41, 5.74) is 2.54. The first-order chi connectivity index (χ1) is 12.6. The summed E-state index contributed by atoms with van der Waals surface area (Å²) < 4.78 is 0. The molecule has 0 bridgehead atoms. The summed E-state index contributed by atoms with van der Waals surface area (Å²) in [7, 11) is 0. The van der Waals surface area contributed by atoms with Crippen molar-refractivity contribution in [2.45, 2.75) is 45.4 Å². The maximum absolute atomic E-state index is 6.48.